The van der Waals surface area contributed by atoms with Crippen molar-refractivity contribution in [3.8, 4) is 5.75 Å². The summed E-state index contributed by atoms with van der Waals surface area (Å²) in [5.74, 6) is 1.10. The van der Waals surface area contributed by atoms with Gasteiger partial charge in [0.15, 0.2) is 0 Å². The number of carbonyl (C=O) groups excluding carboxylic acids is 1. The van der Waals surface area contributed by atoms with Crippen LogP contribution in [0.5, 0.6) is 5.75 Å². The molecule has 1 aliphatic rings. The molecule has 0 spiro atoms. The van der Waals surface area contributed by atoms with Crippen LogP contribution in [0.3, 0.4) is 0 Å². The van der Waals surface area contributed by atoms with Crippen LogP contribution in [0.25, 0.3) is 0 Å². The van der Waals surface area contributed by atoms with E-state index in [0.29, 0.717) is 17.2 Å². The first kappa shape index (κ1) is 14.3. The van der Waals surface area contributed by atoms with E-state index in [9.17, 15) is 4.79 Å². The second-order valence-corrected chi connectivity index (χ2v) is 5.66. The highest BCUT2D eigenvalue weighted by Gasteiger charge is 2.16. The van der Waals surface area contributed by atoms with Gasteiger partial charge in [-0.15, -0.1) is 0 Å². The van der Waals surface area contributed by atoms with Crippen LogP contribution in [0.4, 0.5) is 0 Å². The summed E-state index contributed by atoms with van der Waals surface area (Å²) in [5.41, 5.74) is 0.583. The van der Waals surface area contributed by atoms with Gasteiger partial charge in [-0.25, -0.2) is 0 Å². The highest BCUT2D eigenvalue weighted by molar-refractivity contribution is 9.10. The molecular formula is C14H19BrN2O2. The number of nitrogens with one attached hydrogen (secondary N) is 2. The van der Waals surface area contributed by atoms with Crippen LogP contribution >= 0.6 is 15.9 Å². The number of carbonyl (C=O) groups is 1. The molecule has 2 N–H and O–H groups in total. The van der Waals surface area contributed by atoms with Crippen molar-refractivity contribution in [3.05, 3.63) is 28.2 Å². The minimum absolute atomic E-state index is 0.0668. The molecule has 1 aromatic carbocycles. The number of ether oxygens (including phenoxy) is 1. The monoisotopic (exact) mass is 326 g/mol. The van der Waals surface area contributed by atoms with Crippen LogP contribution in [0.15, 0.2) is 22.7 Å². The second kappa shape index (κ2) is 6.91. The maximum Gasteiger partial charge on any atom is 0.255 e. The van der Waals surface area contributed by atoms with Crippen LogP contribution in [0, 0.1) is 5.92 Å². The second-order valence-electron chi connectivity index (χ2n) is 4.75. The van der Waals surface area contributed by atoms with Crippen molar-refractivity contribution in [2.75, 3.05) is 26.7 Å². The van der Waals surface area contributed by atoms with E-state index >= 15 is 0 Å². The topological polar surface area (TPSA) is 50.4 Å². The van der Waals surface area contributed by atoms with E-state index in [-0.39, 0.29) is 5.91 Å². The van der Waals surface area contributed by atoms with Gasteiger partial charge in [0.2, 0.25) is 0 Å². The Kier molecular flexibility index (Phi) is 5.22. The van der Waals surface area contributed by atoms with Gasteiger partial charge in [-0.3, -0.25) is 4.79 Å². The summed E-state index contributed by atoms with van der Waals surface area (Å²) in [5, 5.41) is 6.32. The molecule has 5 heteroatoms. The molecule has 2 rings (SSSR count). The maximum atomic E-state index is 12.2. The third-order valence-electron chi connectivity index (χ3n) is 3.42. The fraction of sp³-hybridized carbons (Fsp3) is 0.500. The fourth-order valence-electron chi connectivity index (χ4n) is 2.27. The number of hydrogen-bond donors (Lipinski definition) is 2. The van der Waals surface area contributed by atoms with Crippen LogP contribution in [0.1, 0.15) is 23.2 Å². The van der Waals surface area contributed by atoms with E-state index in [4.69, 9.17) is 4.74 Å². The minimum Gasteiger partial charge on any atom is -0.496 e. The van der Waals surface area contributed by atoms with Gasteiger partial charge in [-0.05, 0) is 50.0 Å². The zero-order chi connectivity index (χ0) is 13.7. The smallest absolute Gasteiger partial charge is 0.255 e. The predicted molar refractivity (Wildman–Crippen MR) is 78.6 cm³/mol. The molecule has 1 aromatic rings. The van der Waals surface area contributed by atoms with Crippen LogP contribution < -0.4 is 15.4 Å². The Morgan fingerprint density at radius 2 is 2.21 bits per heavy atom. The lowest BCUT2D eigenvalue weighted by Gasteiger charge is -2.22. The molecule has 0 saturated carbocycles. The first-order valence-electron chi connectivity index (χ1n) is 6.53. The molecule has 1 aliphatic heterocycles. The Morgan fingerprint density at radius 3 is 2.89 bits per heavy atom. The number of halogens is 1. The van der Waals surface area contributed by atoms with Crippen molar-refractivity contribution < 1.29 is 9.53 Å². The molecule has 0 atom stereocenters. The van der Waals surface area contributed by atoms with Gasteiger partial charge in [-0.1, -0.05) is 15.9 Å². The summed E-state index contributed by atoms with van der Waals surface area (Å²) in [6, 6.07) is 5.43. The summed E-state index contributed by atoms with van der Waals surface area (Å²) in [6.45, 7) is 2.82. The molecule has 0 radical (unpaired) electrons. The van der Waals surface area contributed by atoms with Gasteiger partial charge in [0.1, 0.15) is 5.75 Å². The van der Waals surface area contributed by atoms with Crippen molar-refractivity contribution in [2.24, 2.45) is 5.92 Å². The molecule has 0 aliphatic carbocycles. The molecule has 1 amide bonds. The average Bonchev–Trinajstić information content (AvgIpc) is 2.45. The highest BCUT2D eigenvalue weighted by atomic mass is 79.9. The largest absolute Gasteiger partial charge is 0.496 e. The lowest BCUT2D eigenvalue weighted by molar-refractivity contribution is 0.0941. The molecule has 0 unspecified atom stereocenters. The molecule has 0 aromatic heterocycles. The molecule has 1 fully saturated rings. The molecule has 0 bridgehead atoms. The molecule has 4 nitrogen and oxygen atoms in total. The van der Waals surface area contributed by atoms with E-state index in [1.54, 1.807) is 19.2 Å². The normalized spacial score (nSPS) is 16.1. The summed E-state index contributed by atoms with van der Waals surface area (Å²) < 4.78 is 6.14. The third-order valence-corrected chi connectivity index (χ3v) is 3.91. The maximum absolute atomic E-state index is 12.2. The van der Waals surface area contributed by atoms with E-state index in [1.807, 2.05) is 6.07 Å². The van der Waals surface area contributed by atoms with Crippen LogP contribution in [0.2, 0.25) is 0 Å². The Bertz CT molecular complexity index is 445. The highest BCUT2D eigenvalue weighted by Crippen LogP contribution is 2.23. The van der Waals surface area contributed by atoms with Crippen molar-refractivity contribution in [1.82, 2.24) is 10.6 Å². The van der Waals surface area contributed by atoms with E-state index in [0.717, 1.165) is 36.9 Å². The van der Waals surface area contributed by atoms with Gasteiger partial charge >= 0.3 is 0 Å². The van der Waals surface area contributed by atoms with Crippen molar-refractivity contribution >= 4 is 21.8 Å². The number of rotatable bonds is 4. The molecule has 104 valence electrons. The Balaban J connectivity index is 1.95. The molecule has 19 heavy (non-hydrogen) atoms. The zero-order valence-electron chi connectivity index (χ0n) is 11.0. The van der Waals surface area contributed by atoms with Gasteiger partial charge in [-0.2, -0.15) is 0 Å². The Labute approximate surface area is 122 Å². The minimum atomic E-state index is -0.0668. The number of methoxy groups -OCH3 is 1. The summed E-state index contributed by atoms with van der Waals surface area (Å²) in [7, 11) is 1.57. The first-order chi connectivity index (χ1) is 9.20. The predicted octanol–water partition coefficient (Wildman–Crippen LogP) is 2.19. The Hall–Kier alpha value is -1.07. The summed E-state index contributed by atoms with van der Waals surface area (Å²) in [6.07, 6.45) is 2.25. The molecular weight excluding hydrogens is 308 g/mol. The van der Waals surface area contributed by atoms with Gasteiger partial charge in [0.25, 0.3) is 5.91 Å². The van der Waals surface area contributed by atoms with Crippen LogP contribution in [-0.4, -0.2) is 32.7 Å². The number of hydrogen-bond acceptors (Lipinski definition) is 3. The molecule has 1 heterocycles. The SMILES string of the molecule is COc1cc(Br)ccc1C(=O)NCC1CCNCC1. The molecule has 1 saturated heterocycles. The van der Waals surface area contributed by atoms with Gasteiger partial charge in [0.05, 0.1) is 12.7 Å². The summed E-state index contributed by atoms with van der Waals surface area (Å²) in [4.78, 5) is 12.2. The van der Waals surface area contributed by atoms with Crippen molar-refractivity contribution in [1.29, 1.82) is 0 Å². The van der Waals surface area contributed by atoms with E-state index < -0.39 is 0 Å². The average molecular weight is 327 g/mol. The first-order valence-corrected chi connectivity index (χ1v) is 7.32. The van der Waals surface area contributed by atoms with Crippen molar-refractivity contribution in [3.63, 3.8) is 0 Å². The van der Waals surface area contributed by atoms with E-state index in [2.05, 4.69) is 26.6 Å². The number of benzene rings is 1. The zero-order valence-corrected chi connectivity index (χ0v) is 12.6. The quantitative estimate of drug-likeness (QED) is 0.891. The standard InChI is InChI=1S/C14H19BrN2O2/c1-19-13-8-11(15)2-3-12(13)14(18)17-9-10-4-6-16-7-5-10/h2-3,8,10,16H,4-7,9H2,1H3,(H,17,18). The van der Waals surface area contributed by atoms with Crippen molar-refractivity contribution in [2.45, 2.75) is 12.8 Å². The fourth-order valence-corrected chi connectivity index (χ4v) is 2.61. The lowest BCUT2D eigenvalue weighted by Crippen LogP contribution is -2.36. The lowest BCUT2D eigenvalue weighted by atomic mass is 9.98. The summed E-state index contributed by atoms with van der Waals surface area (Å²) >= 11 is 3.37. The third kappa shape index (κ3) is 3.94. The number of piperidine rings is 1. The Morgan fingerprint density at radius 1 is 1.47 bits per heavy atom. The number of amides is 1. The van der Waals surface area contributed by atoms with Gasteiger partial charge < -0.3 is 15.4 Å². The van der Waals surface area contributed by atoms with E-state index in [1.165, 1.54) is 0 Å². The van der Waals surface area contributed by atoms with Crippen LogP contribution in [-0.2, 0) is 0 Å². The van der Waals surface area contributed by atoms with Gasteiger partial charge in [0, 0.05) is 11.0 Å².